The Kier molecular flexibility index (Phi) is 7.02. The molecule has 1 fully saturated rings. The van der Waals surface area contributed by atoms with Crippen molar-refractivity contribution >= 4 is 58.1 Å². The number of carbonyl (C=O) groups is 1. The molecule has 180 valence electrons. The molecule has 0 N–H and O–H groups in total. The van der Waals surface area contributed by atoms with Crippen LogP contribution in [-0.4, -0.2) is 36.7 Å². The summed E-state index contributed by atoms with van der Waals surface area (Å²) in [7, 11) is 3.63. The number of methoxy groups -OCH3 is 1. The Morgan fingerprint density at radius 2 is 1.69 bits per heavy atom. The Balaban J connectivity index is 1.41. The van der Waals surface area contributed by atoms with E-state index in [4.69, 9.17) is 9.73 Å². The van der Waals surface area contributed by atoms with Gasteiger partial charge in [-0.2, -0.15) is 0 Å². The van der Waals surface area contributed by atoms with Gasteiger partial charge >= 0.3 is 0 Å². The number of benzene rings is 3. The second-order valence-corrected chi connectivity index (χ2v) is 10.2. The van der Waals surface area contributed by atoms with Gasteiger partial charge in [-0.25, -0.2) is 4.99 Å². The van der Waals surface area contributed by atoms with Gasteiger partial charge in [0.05, 0.1) is 23.5 Å². The molecular formula is C29H25N3O2S2. The van der Waals surface area contributed by atoms with E-state index in [1.807, 2.05) is 72.6 Å². The number of thioether (sulfide) groups is 2. The number of hydrogen-bond donors (Lipinski definition) is 0. The normalized spacial score (nSPS) is 18.4. The van der Waals surface area contributed by atoms with E-state index in [9.17, 15) is 4.79 Å². The first kappa shape index (κ1) is 24.0. The number of anilines is 1. The fourth-order valence-corrected chi connectivity index (χ4v) is 6.22. The van der Waals surface area contributed by atoms with Crippen LogP contribution in [-0.2, 0) is 4.79 Å². The van der Waals surface area contributed by atoms with E-state index >= 15 is 0 Å². The molecule has 2 heterocycles. The van der Waals surface area contributed by atoms with Gasteiger partial charge in [0, 0.05) is 24.6 Å². The molecule has 36 heavy (non-hydrogen) atoms. The molecule has 5 rings (SSSR count). The minimum absolute atomic E-state index is 0.0600. The highest BCUT2D eigenvalue weighted by molar-refractivity contribution is 8.19. The van der Waals surface area contributed by atoms with Crippen LogP contribution < -0.4 is 9.64 Å². The molecule has 0 aromatic heterocycles. The van der Waals surface area contributed by atoms with Crippen LogP contribution >= 0.6 is 23.5 Å². The number of fused-ring (bicyclic) bond motifs is 1. The van der Waals surface area contributed by atoms with Crippen LogP contribution in [0.1, 0.15) is 11.1 Å². The zero-order valence-corrected chi connectivity index (χ0v) is 21.7. The molecule has 3 aromatic rings. The quantitative estimate of drug-likeness (QED) is 0.202. The molecule has 2 aliphatic heterocycles. The molecule has 7 heteroatoms. The molecule has 1 saturated heterocycles. The molecule has 0 aliphatic carbocycles. The fraction of sp³-hybridized carbons (Fsp3) is 0.103. The van der Waals surface area contributed by atoms with Crippen molar-refractivity contribution in [1.29, 1.82) is 0 Å². The van der Waals surface area contributed by atoms with Crippen molar-refractivity contribution < 1.29 is 9.53 Å². The predicted octanol–water partition coefficient (Wildman–Crippen LogP) is 7.03. The van der Waals surface area contributed by atoms with Crippen LogP contribution in [0.4, 0.5) is 11.4 Å². The summed E-state index contributed by atoms with van der Waals surface area (Å²) in [4.78, 5) is 23.7. The summed E-state index contributed by atoms with van der Waals surface area (Å²) in [5.74, 6) is 0.727. The maximum absolute atomic E-state index is 13.4. The van der Waals surface area contributed by atoms with Crippen LogP contribution in [0.25, 0.3) is 12.2 Å². The number of ether oxygens (including phenoxy) is 1. The molecule has 0 unspecified atom stereocenters. The lowest BCUT2D eigenvalue weighted by Gasteiger charge is -2.15. The predicted molar refractivity (Wildman–Crippen MR) is 153 cm³/mol. The van der Waals surface area contributed by atoms with E-state index in [0.717, 1.165) is 38.2 Å². The first-order valence-electron chi connectivity index (χ1n) is 11.4. The van der Waals surface area contributed by atoms with Crippen molar-refractivity contribution in [3.8, 4) is 5.75 Å². The van der Waals surface area contributed by atoms with Gasteiger partial charge in [-0.15, -0.1) is 6.58 Å². The van der Waals surface area contributed by atoms with Crippen LogP contribution in [0, 0.1) is 0 Å². The van der Waals surface area contributed by atoms with E-state index in [0.29, 0.717) is 16.6 Å². The Labute approximate surface area is 219 Å². The lowest BCUT2D eigenvalue weighted by atomic mass is 10.1. The van der Waals surface area contributed by atoms with Gasteiger partial charge in [-0.05, 0) is 47.2 Å². The van der Waals surface area contributed by atoms with Gasteiger partial charge < -0.3 is 9.64 Å². The summed E-state index contributed by atoms with van der Waals surface area (Å²) >= 11 is 3.00. The van der Waals surface area contributed by atoms with Gasteiger partial charge in [0.1, 0.15) is 10.7 Å². The molecule has 0 saturated carbocycles. The van der Waals surface area contributed by atoms with E-state index < -0.39 is 0 Å². The highest BCUT2D eigenvalue weighted by atomic mass is 32.2. The third-order valence-corrected chi connectivity index (χ3v) is 8.23. The molecule has 0 radical (unpaired) electrons. The average Bonchev–Trinajstić information content (AvgIpc) is 3.40. The largest absolute Gasteiger partial charge is 0.497 e. The number of aliphatic imine (C=N–C) groups is 1. The number of rotatable bonds is 6. The minimum atomic E-state index is -0.0600. The van der Waals surface area contributed by atoms with Gasteiger partial charge in [0.25, 0.3) is 5.91 Å². The maximum Gasteiger partial charge on any atom is 0.269 e. The van der Waals surface area contributed by atoms with Crippen LogP contribution in [0.2, 0.25) is 0 Å². The Bertz CT molecular complexity index is 1400. The third-order valence-electron chi connectivity index (χ3n) is 5.79. The zero-order chi connectivity index (χ0) is 25.1. The van der Waals surface area contributed by atoms with Crippen molar-refractivity contribution in [2.24, 2.45) is 4.99 Å². The van der Waals surface area contributed by atoms with Crippen molar-refractivity contribution in [2.45, 2.75) is 4.90 Å². The molecule has 0 bridgehead atoms. The van der Waals surface area contributed by atoms with E-state index in [-0.39, 0.29) is 5.91 Å². The van der Waals surface area contributed by atoms with E-state index in [1.165, 1.54) is 11.8 Å². The van der Waals surface area contributed by atoms with Gasteiger partial charge in [-0.3, -0.25) is 9.69 Å². The highest BCUT2D eigenvalue weighted by Crippen LogP contribution is 2.51. The second-order valence-electron chi connectivity index (χ2n) is 8.17. The van der Waals surface area contributed by atoms with Crippen molar-refractivity contribution in [2.75, 3.05) is 25.6 Å². The first-order chi connectivity index (χ1) is 17.6. The second kappa shape index (κ2) is 10.5. The number of amides is 1. The Morgan fingerprint density at radius 3 is 2.39 bits per heavy atom. The lowest BCUT2D eigenvalue weighted by molar-refractivity contribution is -0.121. The Hall–Kier alpha value is -3.68. The number of amidine groups is 1. The standard InChI is InChI=1S/C29H25N3O2S2/c1-4-18-32-27(33)26(28-31(2)24-19-23(34-3)16-17-25(24)35-28)36-29(32)30-22-14-12-21(13-15-22)11-10-20-8-6-5-7-9-20/h4-17,19H,1,18H2,2-3H3. The molecule has 1 amide bonds. The number of hydrogen-bond acceptors (Lipinski definition) is 6. The summed E-state index contributed by atoms with van der Waals surface area (Å²) in [6.45, 7) is 4.23. The van der Waals surface area contributed by atoms with Crippen molar-refractivity contribution in [3.63, 3.8) is 0 Å². The summed E-state index contributed by atoms with van der Waals surface area (Å²) < 4.78 is 5.38. The highest BCUT2D eigenvalue weighted by Gasteiger charge is 2.38. The summed E-state index contributed by atoms with van der Waals surface area (Å²) in [5.41, 5.74) is 4.05. The minimum Gasteiger partial charge on any atom is -0.497 e. The Morgan fingerprint density at radius 1 is 0.972 bits per heavy atom. The fourth-order valence-electron chi connectivity index (χ4n) is 3.89. The zero-order valence-electron chi connectivity index (χ0n) is 20.0. The molecule has 0 atom stereocenters. The summed E-state index contributed by atoms with van der Waals surface area (Å²) in [6, 6.07) is 24.1. The average molecular weight is 512 g/mol. The number of carbonyl (C=O) groups excluding carboxylic acids is 1. The summed E-state index contributed by atoms with van der Waals surface area (Å²) in [5, 5.41) is 1.55. The van der Waals surface area contributed by atoms with E-state index in [1.54, 1.807) is 29.8 Å². The van der Waals surface area contributed by atoms with Crippen LogP contribution in [0.3, 0.4) is 0 Å². The third kappa shape index (κ3) is 4.85. The monoisotopic (exact) mass is 511 g/mol. The van der Waals surface area contributed by atoms with Crippen LogP contribution in [0.15, 0.2) is 105 Å². The molecule has 5 nitrogen and oxygen atoms in total. The van der Waals surface area contributed by atoms with Crippen molar-refractivity contribution in [3.05, 3.63) is 107 Å². The van der Waals surface area contributed by atoms with Crippen LogP contribution in [0.5, 0.6) is 5.75 Å². The molecule has 3 aromatic carbocycles. The van der Waals surface area contributed by atoms with Gasteiger partial charge in [-0.1, -0.05) is 72.5 Å². The SMILES string of the molecule is C=CCN1C(=O)C(=C2Sc3ccc(OC)cc3N2C)SC1=Nc1ccc(C=Cc2ccccc2)cc1. The molecule has 2 aliphatic rings. The lowest BCUT2D eigenvalue weighted by Crippen LogP contribution is -2.29. The molecule has 0 spiro atoms. The first-order valence-corrected chi connectivity index (χ1v) is 13.1. The van der Waals surface area contributed by atoms with Gasteiger partial charge in [0.15, 0.2) is 5.17 Å². The topological polar surface area (TPSA) is 45.1 Å². The van der Waals surface area contributed by atoms with E-state index in [2.05, 4.69) is 30.9 Å². The summed E-state index contributed by atoms with van der Waals surface area (Å²) in [6.07, 6.45) is 5.89. The smallest absolute Gasteiger partial charge is 0.269 e. The molecular weight excluding hydrogens is 486 g/mol. The van der Waals surface area contributed by atoms with Gasteiger partial charge in [0.2, 0.25) is 0 Å². The number of nitrogens with zero attached hydrogens (tertiary/aromatic N) is 3. The maximum atomic E-state index is 13.4. The van der Waals surface area contributed by atoms with Crippen molar-refractivity contribution in [1.82, 2.24) is 4.90 Å².